The molecule has 1 fully saturated rings. The summed E-state index contributed by atoms with van der Waals surface area (Å²) in [6, 6.07) is 0. The first kappa shape index (κ1) is 16.4. The van der Waals surface area contributed by atoms with E-state index in [1.807, 2.05) is 5.38 Å². The van der Waals surface area contributed by atoms with Crippen LogP contribution in [0.5, 0.6) is 0 Å². The molecule has 0 amide bonds. The number of hydrogen-bond acceptors (Lipinski definition) is 7. The van der Waals surface area contributed by atoms with Gasteiger partial charge in [-0.2, -0.15) is 0 Å². The van der Waals surface area contributed by atoms with Crippen molar-refractivity contribution in [1.29, 1.82) is 0 Å². The summed E-state index contributed by atoms with van der Waals surface area (Å²) in [5.74, 6) is -0.343. The minimum atomic E-state index is -0.343. The number of aromatic nitrogens is 1. The van der Waals surface area contributed by atoms with Crippen molar-refractivity contribution < 1.29 is 19.4 Å². The molecule has 0 saturated carbocycles. The summed E-state index contributed by atoms with van der Waals surface area (Å²) in [6.45, 7) is 5.30. The standard InChI is InChI=1S/C14H22N2O4S/c1-2-19-14(18)13-15-11(10-21-13)9-16-5-3-12(4-6-16)20-8-7-17/h10,12,17H,2-9H2,1H3. The molecule has 0 radical (unpaired) electrons. The van der Waals surface area contributed by atoms with E-state index in [1.54, 1.807) is 6.92 Å². The van der Waals surface area contributed by atoms with Crippen LogP contribution in [0, 0.1) is 0 Å². The van der Waals surface area contributed by atoms with Crippen molar-refractivity contribution in [1.82, 2.24) is 9.88 Å². The number of piperidine rings is 1. The number of aliphatic hydroxyl groups is 1. The first-order chi connectivity index (χ1) is 10.2. The molecule has 1 aromatic rings. The van der Waals surface area contributed by atoms with Gasteiger partial charge in [0.05, 0.1) is 31.6 Å². The molecule has 0 aromatic carbocycles. The monoisotopic (exact) mass is 314 g/mol. The first-order valence-electron chi connectivity index (χ1n) is 7.29. The molecule has 2 rings (SSSR count). The highest BCUT2D eigenvalue weighted by atomic mass is 32.1. The molecule has 0 atom stereocenters. The molecule has 0 spiro atoms. The van der Waals surface area contributed by atoms with Crippen LogP contribution < -0.4 is 0 Å². The van der Waals surface area contributed by atoms with Crippen LogP contribution in [0.15, 0.2) is 5.38 Å². The zero-order chi connectivity index (χ0) is 15.1. The summed E-state index contributed by atoms with van der Waals surface area (Å²) in [7, 11) is 0. The van der Waals surface area contributed by atoms with Gasteiger partial charge in [-0.05, 0) is 19.8 Å². The summed E-state index contributed by atoms with van der Waals surface area (Å²) in [5.41, 5.74) is 0.915. The maximum absolute atomic E-state index is 11.6. The van der Waals surface area contributed by atoms with Gasteiger partial charge in [-0.1, -0.05) is 0 Å². The maximum Gasteiger partial charge on any atom is 0.367 e. The van der Waals surface area contributed by atoms with Crippen molar-refractivity contribution >= 4 is 17.3 Å². The lowest BCUT2D eigenvalue weighted by Gasteiger charge is -2.31. The number of carbonyl (C=O) groups excluding carboxylic acids is 1. The Morgan fingerprint density at radius 2 is 2.29 bits per heavy atom. The van der Waals surface area contributed by atoms with Gasteiger partial charge >= 0.3 is 5.97 Å². The predicted octanol–water partition coefficient (Wildman–Crippen LogP) is 1.29. The second-order valence-electron chi connectivity index (χ2n) is 4.93. The van der Waals surface area contributed by atoms with Crippen LogP contribution in [0.25, 0.3) is 0 Å². The molecule has 1 aromatic heterocycles. The molecule has 0 unspecified atom stereocenters. The number of hydrogen-bond donors (Lipinski definition) is 1. The van der Waals surface area contributed by atoms with Crippen molar-refractivity contribution in [3.8, 4) is 0 Å². The molecule has 1 aliphatic rings. The molecule has 0 bridgehead atoms. The molecular weight excluding hydrogens is 292 g/mol. The number of aliphatic hydroxyl groups excluding tert-OH is 1. The van der Waals surface area contributed by atoms with E-state index in [2.05, 4.69) is 9.88 Å². The second kappa shape index (κ2) is 8.43. The molecule has 1 N–H and O–H groups in total. The Bertz CT molecular complexity index is 444. The minimum absolute atomic E-state index is 0.0790. The largest absolute Gasteiger partial charge is 0.461 e. The lowest BCUT2D eigenvalue weighted by atomic mass is 10.1. The Labute approximate surface area is 128 Å². The quantitative estimate of drug-likeness (QED) is 0.765. The van der Waals surface area contributed by atoms with Crippen LogP contribution in [0.4, 0.5) is 0 Å². The Hall–Kier alpha value is -1.02. The third-order valence-corrected chi connectivity index (χ3v) is 4.24. The van der Waals surface area contributed by atoms with Crippen LogP contribution in [-0.4, -0.2) is 60.0 Å². The topological polar surface area (TPSA) is 71.9 Å². The summed E-state index contributed by atoms with van der Waals surface area (Å²) in [5, 5.41) is 11.1. The number of rotatable bonds is 7. The number of esters is 1. The fraction of sp³-hybridized carbons (Fsp3) is 0.714. The minimum Gasteiger partial charge on any atom is -0.461 e. The normalized spacial score (nSPS) is 17.0. The summed E-state index contributed by atoms with van der Waals surface area (Å²) >= 11 is 1.33. The van der Waals surface area contributed by atoms with Gasteiger partial charge in [0.15, 0.2) is 0 Å². The lowest BCUT2D eigenvalue weighted by molar-refractivity contribution is -0.00917. The summed E-state index contributed by atoms with van der Waals surface area (Å²) in [6.07, 6.45) is 2.18. The van der Waals surface area contributed by atoms with Gasteiger partial charge in [-0.3, -0.25) is 4.90 Å². The highest BCUT2D eigenvalue weighted by molar-refractivity contribution is 7.11. The van der Waals surface area contributed by atoms with E-state index in [4.69, 9.17) is 14.6 Å². The van der Waals surface area contributed by atoms with Crippen LogP contribution in [0.3, 0.4) is 0 Å². The van der Waals surface area contributed by atoms with Gasteiger partial charge in [0, 0.05) is 25.0 Å². The highest BCUT2D eigenvalue weighted by Crippen LogP contribution is 2.18. The van der Waals surface area contributed by atoms with E-state index in [-0.39, 0.29) is 18.7 Å². The Morgan fingerprint density at radius 3 is 2.95 bits per heavy atom. The van der Waals surface area contributed by atoms with Gasteiger partial charge in [0.1, 0.15) is 0 Å². The Kier molecular flexibility index (Phi) is 6.56. The zero-order valence-electron chi connectivity index (χ0n) is 12.3. The van der Waals surface area contributed by atoms with Gasteiger partial charge in [0.2, 0.25) is 5.01 Å². The number of likely N-dealkylation sites (tertiary alicyclic amines) is 1. The SMILES string of the molecule is CCOC(=O)c1nc(CN2CCC(OCCO)CC2)cs1. The van der Waals surface area contributed by atoms with Gasteiger partial charge in [0.25, 0.3) is 0 Å². The molecule has 1 aliphatic heterocycles. The Morgan fingerprint density at radius 1 is 1.52 bits per heavy atom. The average Bonchev–Trinajstić information content (AvgIpc) is 2.95. The molecule has 7 heteroatoms. The van der Waals surface area contributed by atoms with Gasteiger partial charge < -0.3 is 14.6 Å². The second-order valence-corrected chi connectivity index (χ2v) is 5.79. The van der Waals surface area contributed by atoms with Crippen LogP contribution in [-0.2, 0) is 16.0 Å². The third kappa shape index (κ3) is 5.03. The molecule has 118 valence electrons. The van der Waals surface area contributed by atoms with E-state index >= 15 is 0 Å². The smallest absolute Gasteiger partial charge is 0.367 e. The molecule has 21 heavy (non-hydrogen) atoms. The fourth-order valence-corrected chi connectivity index (χ4v) is 3.05. The fourth-order valence-electron chi connectivity index (χ4n) is 2.35. The summed E-state index contributed by atoms with van der Waals surface area (Å²) < 4.78 is 10.5. The van der Waals surface area contributed by atoms with Crippen molar-refractivity contribution in [3.05, 3.63) is 16.1 Å². The molecular formula is C14H22N2O4S. The van der Waals surface area contributed by atoms with E-state index in [0.29, 0.717) is 18.2 Å². The molecule has 2 heterocycles. The number of ether oxygens (including phenoxy) is 2. The Balaban J connectivity index is 1.77. The van der Waals surface area contributed by atoms with E-state index in [0.717, 1.165) is 38.2 Å². The molecule has 6 nitrogen and oxygen atoms in total. The van der Waals surface area contributed by atoms with Crippen molar-refractivity contribution in [2.45, 2.75) is 32.4 Å². The van der Waals surface area contributed by atoms with Gasteiger partial charge in [-0.15, -0.1) is 11.3 Å². The molecule has 0 aliphatic carbocycles. The number of carbonyl (C=O) groups is 1. The van der Waals surface area contributed by atoms with Crippen LogP contribution in [0.1, 0.15) is 35.3 Å². The third-order valence-electron chi connectivity index (χ3n) is 3.37. The van der Waals surface area contributed by atoms with Crippen LogP contribution in [0.2, 0.25) is 0 Å². The average molecular weight is 314 g/mol. The molecule has 1 saturated heterocycles. The first-order valence-corrected chi connectivity index (χ1v) is 8.17. The number of nitrogens with zero attached hydrogens (tertiary/aromatic N) is 2. The predicted molar refractivity (Wildman–Crippen MR) is 79.4 cm³/mol. The van der Waals surface area contributed by atoms with Crippen molar-refractivity contribution in [2.24, 2.45) is 0 Å². The van der Waals surface area contributed by atoms with E-state index in [9.17, 15) is 4.79 Å². The van der Waals surface area contributed by atoms with Gasteiger partial charge in [-0.25, -0.2) is 9.78 Å². The number of thiazole rings is 1. The van der Waals surface area contributed by atoms with Crippen molar-refractivity contribution in [3.63, 3.8) is 0 Å². The van der Waals surface area contributed by atoms with Crippen molar-refractivity contribution in [2.75, 3.05) is 32.9 Å². The highest BCUT2D eigenvalue weighted by Gasteiger charge is 2.21. The maximum atomic E-state index is 11.6. The zero-order valence-corrected chi connectivity index (χ0v) is 13.1. The van der Waals surface area contributed by atoms with Crippen LogP contribution >= 0.6 is 11.3 Å². The lowest BCUT2D eigenvalue weighted by Crippen LogP contribution is -2.37. The summed E-state index contributed by atoms with van der Waals surface area (Å²) in [4.78, 5) is 18.2. The van der Waals surface area contributed by atoms with E-state index in [1.165, 1.54) is 11.3 Å². The van der Waals surface area contributed by atoms with E-state index < -0.39 is 0 Å².